The average molecular weight is 677 g/mol. The molecule has 0 spiro atoms. The van der Waals surface area contributed by atoms with Crippen molar-refractivity contribution < 1.29 is 14.3 Å². The van der Waals surface area contributed by atoms with Crippen molar-refractivity contribution in [3.05, 3.63) is 29.0 Å². The lowest BCUT2D eigenvalue weighted by Crippen LogP contribution is -2.53. The van der Waals surface area contributed by atoms with Crippen LogP contribution in [0, 0.1) is 5.92 Å². The van der Waals surface area contributed by atoms with Gasteiger partial charge in [-0.15, -0.1) is 0 Å². The van der Waals surface area contributed by atoms with Gasteiger partial charge in [0.15, 0.2) is 0 Å². The van der Waals surface area contributed by atoms with E-state index in [1.165, 1.54) is 158 Å². The van der Waals surface area contributed by atoms with Crippen LogP contribution >= 0.6 is 0 Å². The molecule has 0 aliphatic carbocycles. The van der Waals surface area contributed by atoms with Crippen molar-refractivity contribution in [2.45, 2.75) is 187 Å². The maximum atomic E-state index is 13.7. The molecule has 5 aliphatic heterocycles. The van der Waals surface area contributed by atoms with Crippen molar-refractivity contribution in [1.82, 2.24) is 9.80 Å². The number of hydrogen-bond acceptors (Lipinski definition) is 5. The number of carbonyl (C=O) groups is 1. The van der Waals surface area contributed by atoms with E-state index in [9.17, 15) is 4.79 Å². The Balaban J connectivity index is 1.33. The Morgan fingerprint density at radius 2 is 1.31 bits per heavy atom. The normalized spacial score (nSPS) is 19.0. The van der Waals surface area contributed by atoms with Crippen LogP contribution in [0.1, 0.15) is 186 Å². The topological polar surface area (TPSA) is 42.0 Å². The van der Waals surface area contributed by atoms with Crippen LogP contribution < -0.4 is 9.47 Å². The van der Waals surface area contributed by atoms with Crippen LogP contribution in [0.4, 0.5) is 0 Å². The lowest BCUT2D eigenvalue weighted by molar-refractivity contribution is -0.135. The second-order valence-electron chi connectivity index (χ2n) is 16.1. The number of unbranched alkanes of at least 4 members (excludes halogenated alkanes) is 13. The Labute approximate surface area is 300 Å². The molecule has 1 aromatic rings. The summed E-state index contributed by atoms with van der Waals surface area (Å²) in [5.41, 5.74) is 5.02. The summed E-state index contributed by atoms with van der Waals surface area (Å²) in [6.45, 7) is 11.6. The number of benzene rings is 1. The quantitative estimate of drug-likeness (QED) is 0.0694. The molecule has 2 bridgehead atoms. The van der Waals surface area contributed by atoms with Crippen molar-refractivity contribution in [3.8, 4) is 11.5 Å². The Kier molecular flexibility index (Phi) is 15.7. The number of allylic oxidation sites excluding steroid dienone is 1. The third kappa shape index (κ3) is 10.5. The van der Waals surface area contributed by atoms with Gasteiger partial charge in [0.2, 0.25) is 0 Å². The summed E-state index contributed by atoms with van der Waals surface area (Å²) in [6, 6.07) is 4.59. The van der Waals surface area contributed by atoms with Gasteiger partial charge in [0.1, 0.15) is 17.1 Å². The summed E-state index contributed by atoms with van der Waals surface area (Å²) in [7, 11) is 0. The van der Waals surface area contributed by atoms with Crippen molar-refractivity contribution >= 4 is 11.5 Å². The first-order chi connectivity index (χ1) is 24.1. The summed E-state index contributed by atoms with van der Waals surface area (Å²) >= 11 is 0. The molecule has 5 aliphatic rings. The fourth-order valence-electron chi connectivity index (χ4n) is 9.28. The monoisotopic (exact) mass is 677 g/mol. The van der Waals surface area contributed by atoms with Gasteiger partial charge in [-0.1, -0.05) is 117 Å². The summed E-state index contributed by atoms with van der Waals surface area (Å²) in [4.78, 5) is 18.6. The average Bonchev–Trinajstić information content (AvgIpc) is 3.39. The van der Waals surface area contributed by atoms with Gasteiger partial charge in [-0.05, 0) is 106 Å². The zero-order valence-corrected chi connectivity index (χ0v) is 32.1. The van der Waals surface area contributed by atoms with Crippen LogP contribution in [-0.2, 0) is 11.2 Å². The lowest BCUT2D eigenvalue weighted by Gasteiger charge is -2.54. The Hall–Kier alpha value is -2.01. The van der Waals surface area contributed by atoms with Gasteiger partial charge in [-0.3, -0.25) is 9.69 Å². The van der Waals surface area contributed by atoms with E-state index in [1.54, 1.807) is 0 Å². The maximum Gasteiger partial charge on any atom is 0.325 e. The fraction of sp³-hybridized carbons (Fsp3) is 0.795. The third-order valence-corrected chi connectivity index (χ3v) is 12.1. The van der Waals surface area contributed by atoms with Crippen molar-refractivity contribution in [3.63, 3.8) is 0 Å². The largest absolute Gasteiger partial charge is 0.480 e. The molecule has 0 aromatic heterocycles. The van der Waals surface area contributed by atoms with Gasteiger partial charge in [0, 0.05) is 13.1 Å². The first-order valence-electron chi connectivity index (χ1n) is 21.4. The molecule has 0 atom stereocenters. The van der Waals surface area contributed by atoms with Gasteiger partial charge >= 0.3 is 5.97 Å². The molecule has 0 amide bonds. The lowest BCUT2D eigenvalue weighted by atomic mass is 9.70. The number of rotatable bonds is 22. The number of carbonyl (C=O) groups excluding carboxylic acids is 1. The number of fused-ring (bicyclic) bond motifs is 3. The van der Waals surface area contributed by atoms with Gasteiger partial charge < -0.3 is 14.4 Å². The number of piperidine rings is 1. The van der Waals surface area contributed by atoms with Gasteiger partial charge in [0.25, 0.3) is 0 Å². The SMILES string of the molecule is CCCCCCCCCCCCCCc1cc(OC(=O)CN2CCCCCC2)c2c(c1)OC(CCCC)(CCCC)C1=C2C2CCN1CC2. The van der Waals surface area contributed by atoms with E-state index >= 15 is 0 Å². The van der Waals surface area contributed by atoms with Crippen LogP contribution in [0.5, 0.6) is 11.5 Å². The number of aryl methyl sites for hydroxylation is 1. The molecule has 49 heavy (non-hydrogen) atoms. The van der Waals surface area contributed by atoms with E-state index in [0.717, 1.165) is 62.5 Å². The highest BCUT2D eigenvalue weighted by molar-refractivity contribution is 5.85. The van der Waals surface area contributed by atoms with Gasteiger partial charge in [-0.2, -0.15) is 0 Å². The summed E-state index contributed by atoms with van der Waals surface area (Å²) in [5.74, 6) is 2.18. The second kappa shape index (κ2) is 20.1. The minimum atomic E-state index is -0.268. The highest BCUT2D eigenvalue weighted by atomic mass is 16.5. The summed E-state index contributed by atoms with van der Waals surface area (Å²) in [5, 5.41) is 0. The van der Waals surface area contributed by atoms with Crippen LogP contribution in [0.15, 0.2) is 17.8 Å². The maximum absolute atomic E-state index is 13.7. The van der Waals surface area contributed by atoms with Gasteiger partial charge in [-0.25, -0.2) is 0 Å². The number of esters is 1. The summed E-state index contributed by atoms with van der Waals surface area (Å²) in [6.07, 6.45) is 31.4. The van der Waals surface area contributed by atoms with Crippen molar-refractivity contribution in [1.29, 1.82) is 0 Å². The molecule has 6 rings (SSSR count). The van der Waals surface area contributed by atoms with Crippen molar-refractivity contribution in [2.24, 2.45) is 5.92 Å². The molecule has 2 fully saturated rings. The van der Waals surface area contributed by atoms with Crippen LogP contribution in [0.3, 0.4) is 0 Å². The van der Waals surface area contributed by atoms with Crippen LogP contribution in [-0.4, -0.2) is 54.1 Å². The van der Waals surface area contributed by atoms with Crippen LogP contribution in [0.25, 0.3) is 5.57 Å². The molecule has 0 N–H and O–H groups in total. The molecule has 5 heterocycles. The van der Waals surface area contributed by atoms with E-state index in [4.69, 9.17) is 9.47 Å². The molecule has 1 aromatic carbocycles. The van der Waals surface area contributed by atoms with E-state index in [0.29, 0.717) is 12.5 Å². The van der Waals surface area contributed by atoms with E-state index in [2.05, 4.69) is 42.7 Å². The molecule has 2 saturated heterocycles. The smallest absolute Gasteiger partial charge is 0.325 e. The molecular weight excluding hydrogens is 604 g/mol. The Morgan fingerprint density at radius 1 is 0.735 bits per heavy atom. The Bertz CT molecular complexity index is 1170. The van der Waals surface area contributed by atoms with Crippen LogP contribution in [0.2, 0.25) is 0 Å². The predicted octanol–water partition coefficient (Wildman–Crippen LogP) is 11.7. The van der Waals surface area contributed by atoms with E-state index in [-0.39, 0.29) is 11.6 Å². The molecule has 0 radical (unpaired) electrons. The highest BCUT2D eigenvalue weighted by Gasteiger charge is 2.50. The first kappa shape index (κ1) is 38.2. The zero-order valence-electron chi connectivity index (χ0n) is 32.1. The summed E-state index contributed by atoms with van der Waals surface area (Å²) < 4.78 is 13.9. The number of ether oxygens (including phenoxy) is 2. The second-order valence-corrected chi connectivity index (χ2v) is 16.1. The first-order valence-corrected chi connectivity index (χ1v) is 21.4. The third-order valence-electron chi connectivity index (χ3n) is 12.1. The minimum absolute atomic E-state index is 0.108. The number of likely N-dealkylation sites (tertiary alicyclic amines) is 1. The minimum Gasteiger partial charge on any atom is -0.480 e. The fourth-order valence-corrected chi connectivity index (χ4v) is 9.28. The molecule has 5 nitrogen and oxygen atoms in total. The van der Waals surface area contributed by atoms with E-state index in [1.807, 2.05) is 0 Å². The highest BCUT2D eigenvalue weighted by Crippen LogP contribution is 2.57. The molecule has 276 valence electrons. The number of nitrogens with zero attached hydrogens (tertiary/aromatic N) is 2. The molecule has 0 unspecified atom stereocenters. The standard InChI is InChI=1S/C44H72N2O3/c1-4-7-10-11-12-13-14-15-16-17-18-21-24-36-33-38(48-40(47)35-45-29-22-19-20-23-30-45)42-39(34-36)49-44(27-8-5-2,28-9-6-3)43-41(42)37-25-31-46(43)32-26-37/h33-34,37H,4-32,35H2,1-3H3. The Morgan fingerprint density at radius 3 is 1.90 bits per heavy atom. The predicted molar refractivity (Wildman–Crippen MR) is 205 cm³/mol. The molecule has 5 heteroatoms. The molecule has 0 saturated carbocycles. The number of hydrogen-bond donors (Lipinski definition) is 0. The zero-order chi connectivity index (χ0) is 34.3. The van der Waals surface area contributed by atoms with Gasteiger partial charge in [0.05, 0.1) is 17.8 Å². The van der Waals surface area contributed by atoms with E-state index < -0.39 is 0 Å². The van der Waals surface area contributed by atoms with Crippen molar-refractivity contribution in [2.75, 3.05) is 32.7 Å². The molecular formula is C44H72N2O3.